The van der Waals surface area contributed by atoms with Gasteiger partial charge in [-0.3, -0.25) is 0 Å². The van der Waals surface area contributed by atoms with Crippen molar-refractivity contribution in [3.63, 3.8) is 0 Å². The van der Waals surface area contributed by atoms with Gasteiger partial charge in [-0.2, -0.15) is 0 Å². The minimum absolute atomic E-state index is 0.473. The van der Waals surface area contributed by atoms with Gasteiger partial charge in [0.25, 0.3) is 0 Å². The zero-order chi connectivity index (χ0) is 11.6. The van der Waals surface area contributed by atoms with Crippen molar-refractivity contribution in [2.75, 3.05) is 11.1 Å². The first-order valence-corrected chi connectivity index (χ1v) is 5.22. The van der Waals surface area contributed by atoms with Gasteiger partial charge in [-0.25, -0.2) is 0 Å². The maximum absolute atomic E-state index is 9.58. The molecule has 0 spiro atoms. The number of benzene rings is 1. The van der Waals surface area contributed by atoms with E-state index in [4.69, 9.17) is 17.3 Å². The third kappa shape index (κ3) is 2.76. The van der Waals surface area contributed by atoms with E-state index in [2.05, 4.69) is 5.32 Å². The molecule has 1 unspecified atom stereocenters. The summed E-state index contributed by atoms with van der Waals surface area (Å²) < 4.78 is 0. The molecular weight excluding hydrogens is 212 g/mol. The Hall–Kier alpha value is -0.930. The van der Waals surface area contributed by atoms with Crippen LogP contribution in [-0.2, 0) is 0 Å². The highest BCUT2D eigenvalue weighted by Gasteiger charge is 2.25. The van der Waals surface area contributed by atoms with E-state index in [1.807, 2.05) is 13.8 Å². The number of aliphatic hydroxyl groups is 1. The van der Waals surface area contributed by atoms with Crippen LogP contribution in [0, 0.1) is 0 Å². The molecule has 15 heavy (non-hydrogen) atoms. The molecule has 0 aliphatic carbocycles. The van der Waals surface area contributed by atoms with E-state index in [0.717, 1.165) is 0 Å². The highest BCUT2D eigenvalue weighted by atomic mass is 35.5. The molecule has 1 aromatic carbocycles. The van der Waals surface area contributed by atoms with Gasteiger partial charge >= 0.3 is 0 Å². The Bertz CT molecular complexity index is 330. The van der Waals surface area contributed by atoms with Gasteiger partial charge in [-0.05, 0) is 32.9 Å². The van der Waals surface area contributed by atoms with Crippen LogP contribution in [-0.4, -0.2) is 16.7 Å². The summed E-state index contributed by atoms with van der Waals surface area (Å²) in [4.78, 5) is 0. The topological polar surface area (TPSA) is 58.3 Å². The molecule has 1 rings (SSSR count). The maximum Gasteiger partial charge on any atom is 0.0768 e. The highest BCUT2D eigenvalue weighted by Crippen LogP contribution is 2.31. The van der Waals surface area contributed by atoms with Gasteiger partial charge in [-0.1, -0.05) is 17.7 Å². The quantitative estimate of drug-likeness (QED) is 0.697. The van der Waals surface area contributed by atoms with Crippen LogP contribution in [0.3, 0.4) is 0 Å². The number of nitrogen functional groups attached to an aromatic ring is 1. The fourth-order valence-corrected chi connectivity index (χ4v) is 1.33. The average Bonchev–Trinajstić information content (AvgIpc) is 2.11. The summed E-state index contributed by atoms with van der Waals surface area (Å²) >= 11 is 6.02. The number of para-hydroxylation sites is 1. The standard InChI is InChI=1S/C11H17ClN2O/c1-7(15)11(2,3)14-10-8(12)5-4-6-9(10)13/h4-7,14-15H,13H2,1-3H3. The first-order chi connectivity index (χ1) is 6.84. The van der Waals surface area contributed by atoms with Crippen molar-refractivity contribution in [1.82, 2.24) is 0 Å². The van der Waals surface area contributed by atoms with Crippen LogP contribution in [0.1, 0.15) is 20.8 Å². The molecule has 0 bridgehead atoms. The van der Waals surface area contributed by atoms with Gasteiger partial charge in [0.1, 0.15) is 0 Å². The van der Waals surface area contributed by atoms with Crippen molar-refractivity contribution in [2.24, 2.45) is 0 Å². The molecule has 0 radical (unpaired) electrons. The fraction of sp³-hybridized carbons (Fsp3) is 0.455. The lowest BCUT2D eigenvalue weighted by molar-refractivity contribution is 0.133. The molecule has 0 fully saturated rings. The summed E-state index contributed by atoms with van der Waals surface area (Å²) in [5.74, 6) is 0. The van der Waals surface area contributed by atoms with Crippen molar-refractivity contribution in [2.45, 2.75) is 32.4 Å². The summed E-state index contributed by atoms with van der Waals surface area (Å²) in [6, 6.07) is 5.32. The number of hydrogen-bond acceptors (Lipinski definition) is 3. The lowest BCUT2D eigenvalue weighted by Gasteiger charge is -2.31. The second-order valence-electron chi connectivity index (χ2n) is 4.23. The second-order valence-corrected chi connectivity index (χ2v) is 4.63. The normalized spacial score (nSPS) is 13.7. The molecule has 0 heterocycles. The molecular formula is C11H17ClN2O. The molecule has 4 N–H and O–H groups in total. The number of halogens is 1. The molecule has 84 valence electrons. The number of rotatable bonds is 3. The van der Waals surface area contributed by atoms with E-state index in [-0.39, 0.29) is 0 Å². The van der Waals surface area contributed by atoms with Gasteiger partial charge in [0.2, 0.25) is 0 Å². The Morgan fingerprint density at radius 3 is 2.53 bits per heavy atom. The van der Waals surface area contributed by atoms with Crippen molar-refractivity contribution in [3.8, 4) is 0 Å². The van der Waals surface area contributed by atoms with Crippen LogP contribution in [0.4, 0.5) is 11.4 Å². The van der Waals surface area contributed by atoms with E-state index in [0.29, 0.717) is 16.4 Å². The number of hydrogen-bond donors (Lipinski definition) is 3. The molecule has 4 heteroatoms. The Kier molecular flexibility index (Phi) is 3.47. The van der Waals surface area contributed by atoms with Gasteiger partial charge < -0.3 is 16.2 Å². The highest BCUT2D eigenvalue weighted by molar-refractivity contribution is 6.33. The minimum atomic E-state index is -0.506. The Morgan fingerprint density at radius 1 is 1.47 bits per heavy atom. The van der Waals surface area contributed by atoms with Gasteiger partial charge in [0, 0.05) is 0 Å². The van der Waals surface area contributed by atoms with Gasteiger partial charge in [0.15, 0.2) is 0 Å². The van der Waals surface area contributed by atoms with E-state index >= 15 is 0 Å². The van der Waals surface area contributed by atoms with Crippen LogP contribution in [0.25, 0.3) is 0 Å². The Morgan fingerprint density at radius 2 is 2.07 bits per heavy atom. The molecule has 0 aliphatic heterocycles. The van der Waals surface area contributed by atoms with Crippen LogP contribution >= 0.6 is 11.6 Å². The third-order valence-electron chi connectivity index (χ3n) is 2.54. The molecule has 0 saturated carbocycles. The SMILES string of the molecule is CC(O)C(C)(C)Nc1c(N)cccc1Cl. The van der Waals surface area contributed by atoms with Crippen molar-refractivity contribution >= 4 is 23.0 Å². The number of anilines is 2. The fourth-order valence-electron chi connectivity index (χ4n) is 1.10. The van der Waals surface area contributed by atoms with Crippen molar-refractivity contribution < 1.29 is 5.11 Å². The largest absolute Gasteiger partial charge is 0.397 e. The predicted octanol–water partition coefficient (Wildman–Crippen LogP) is 2.49. The lowest BCUT2D eigenvalue weighted by Crippen LogP contribution is -2.42. The summed E-state index contributed by atoms with van der Waals surface area (Å²) in [6.07, 6.45) is -0.506. The number of nitrogens with one attached hydrogen (secondary N) is 1. The van der Waals surface area contributed by atoms with Crippen LogP contribution in [0.2, 0.25) is 5.02 Å². The second kappa shape index (κ2) is 4.29. The minimum Gasteiger partial charge on any atom is -0.397 e. The van der Waals surface area contributed by atoms with Crippen LogP contribution < -0.4 is 11.1 Å². The Labute approximate surface area is 95.2 Å². The molecule has 0 saturated heterocycles. The zero-order valence-electron chi connectivity index (χ0n) is 9.21. The lowest BCUT2D eigenvalue weighted by atomic mass is 9.98. The van der Waals surface area contributed by atoms with E-state index in [1.165, 1.54) is 0 Å². The summed E-state index contributed by atoms with van der Waals surface area (Å²) in [5.41, 5.74) is 6.58. The maximum atomic E-state index is 9.58. The van der Waals surface area contributed by atoms with E-state index in [1.54, 1.807) is 25.1 Å². The zero-order valence-corrected chi connectivity index (χ0v) is 9.97. The molecule has 3 nitrogen and oxygen atoms in total. The smallest absolute Gasteiger partial charge is 0.0768 e. The summed E-state index contributed by atoms with van der Waals surface area (Å²) in [6.45, 7) is 5.50. The Balaban J connectivity index is 2.99. The van der Waals surface area contributed by atoms with Crippen LogP contribution in [0.5, 0.6) is 0 Å². The van der Waals surface area contributed by atoms with E-state index in [9.17, 15) is 5.11 Å². The number of nitrogens with two attached hydrogens (primary N) is 1. The van der Waals surface area contributed by atoms with Crippen molar-refractivity contribution in [3.05, 3.63) is 23.2 Å². The van der Waals surface area contributed by atoms with Crippen molar-refractivity contribution in [1.29, 1.82) is 0 Å². The first-order valence-electron chi connectivity index (χ1n) is 4.85. The predicted molar refractivity (Wildman–Crippen MR) is 65.2 cm³/mol. The van der Waals surface area contributed by atoms with Crippen LogP contribution in [0.15, 0.2) is 18.2 Å². The molecule has 0 amide bonds. The monoisotopic (exact) mass is 228 g/mol. The molecule has 1 atom stereocenters. The third-order valence-corrected chi connectivity index (χ3v) is 2.85. The van der Waals surface area contributed by atoms with Gasteiger partial charge in [0.05, 0.1) is 28.0 Å². The number of aliphatic hydroxyl groups excluding tert-OH is 1. The molecule has 1 aromatic rings. The van der Waals surface area contributed by atoms with E-state index < -0.39 is 11.6 Å². The summed E-state index contributed by atoms with van der Waals surface area (Å²) in [7, 11) is 0. The van der Waals surface area contributed by atoms with Gasteiger partial charge in [-0.15, -0.1) is 0 Å². The summed E-state index contributed by atoms with van der Waals surface area (Å²) in [5, 5.41) is 13.3. The first kappa shape index (κ1) is 12.1. The average molecular weight is 229 g/mol. The molecule has 0 aliphatic rings. The molecule has 0 aromatic heterocycles.